The van der Waals surface area contributed by atoms with Crippen molar-refractivity contribution in [2.75, 3.05) is 5.32 Å². The van der Waals surface area contributed by atoms with Crippen LogP contribution >= 0.6 is 0 Å². The van der Waals surface area contributed by atoms with Crippen molar-refractivity contribution in [3.8, 4) is 0 Å². The molecule has 1 heterocycles. The average molecular weight is 302 g/mol. The number of hydrogen-bond donors (Lipinski definition) is 3. The number of halogens is 1. The highest BCUT2D eigenvalue weighted by molar-refractivity contribution is 6.44. The second kappa shape index (κ2) is 7.87. The molecule has 1 amide bonds. The molecule has 0 unspecified atom stereocenters. The van der Waals surface area contributed by atoms with Gasteiger partial charge in [-0.05, 0) is 42.8 Å². The van der Waals surface area contributed by atoms with Gasteiger partial charge in [0.2, 0.25) is 0 Å². The maximum absolute atomic E-state index is 13.3. The number of primary amides is 1. The largest absolute Gasteiger partial charge is 0.364 e. The molecule has 0 aliphatic rings. The molecule has 6 heteroatoms. The van der Waals surface area contributed by atoms with E-state index in [1.807, 2.05) is 26.8 Å². The fourth-order valence-electron chi connectivity index (χ4n) is 1.71. The molecule has 0 saturated carbocycles. The summed E-state index contributed by atoms with van der Waals surface area (Å²) < 4.78 is 13.3. The van der Waals surface area contributed by atoms with E-state index in [-0.39, 0.29) is 5.56 Å². The Labute approximate surface area is 128 Å². The van der Waals surface area contributed by atoms with Gasteiger partial charge >= 0.3 is 0 Å². The van der Waals surface area contributed by atoms with E-state index in [1.54, 1.807) is 12.3 Å². The summed E-state index contributed by atoms with van der Waals surface area (Å²) in [6, 6.07) is 7.39. The topological polar surface area (TPSA) is 91.9 Å². The van der Waals surface area contributed by atoms with Gasteiger partial charge in [-0.2, -0.15) is 0 Å². The summed E-state index contributed by atoms with van der Waals surface area (Å²) in [5.74, 6) is -0.931. The van der Waals surface area contributed by atoms with Crippen molar-refractivity contribution in [3.63, 3.8) is 0 Å². The number of nitrogens with two attached hydrogens (primary N) is 1. The first-order valence-electron chi connectivity index (χ1n) is 6.85. The third-order valence-corrected chi connectivity index (χ3v) is 2.68. The molecule has 22 heavy (non-hydrogen) atoms. The predicted molar refractivity (Wildman–Crippen MR) is 86.0 cm³/mol. The highest BCUT2D eigenvalue weighted by Gasteiger charge is 2.14. The van der Waals surface area contributed by atoms with Crippen molar-refractivity contribution in [2.24, 2.45) is 5.73 Å². The van der Waals surface area contributed by atoms with E-state index in [4.69, 9.17) is 11.1 Å². The van der Waals surface area contributed by atoms with E-state index in [0.29, 0.717) is 11.5 Å². The van der Waals surface area contributed by atoms with Gasteiger partial charge in [-0.3, -0.25) is 10.2 Å². The molecule has 0 spiro atoms. The molecular formula is C16H19FN4O. The molecule has 1 aromatic carbocycles. The first kappa shape index (κ1) is 17.3. The SMILES string of the molecule is CC.Cc1ccnc(Nc2ccc(F)cc2C(=N)C(N)=O)c1. The van der Waals surface area contributed by atoms with E-state index < -0.39 is 17.4 Å². The summed E-state index contributed by atoms with van der Waals surface area (Å²) in [6.45, 7) is 5.91. The highest BCUT2D eigenvalue weighted by Crippen LogP contribution is 2.21. The number of hydrogen-bond acceptors (Lipinski definition) is 4. The summed E-state index contributed by atoms with van der Waals surface area (Å²) in [6.07, 6.45) is 1.63. The lowest BCUT2D eigenvalue weighted by atomic mass is 10.1. The van der Waals surface area contributed by atoms with Crippen molar-refractivity contribution >= 4 is 23.1 Å². The number of anilines is 2. The summed E-state index contributed by atoms with van der Waals surface area (Å²) in [5, 5.41) is 10.6. The van der Waals surface area contributed by atoms with Gasteiger partial charge in [0, 0.05) is 17.4 Å². The second-order valence-electron chi connectivity index (χ2n) is 4.27. The first-order valence-corrected chi connectivity index (χ1v) is 6.85. The van der Waals surface area contributed by atoms with Gasteiger partial charge in [0.1, 0.15) is 17.3 Å². The molecule has 0 radical (unpaired) electrons. The Morgan fingerprint density at radius 3 is 2.55 bits per heavy atom. The van der Waals surface area contributed by atoms with Crippen LogP contribution in [0.25, 0.3) is 0 Å². The molecule has 5 nitrogen and oxygen atoms in total. The molecule has 1 aromatic heterocycles. The van der Waals surface area contributed by atoms with Gasteiger partial charge in [0.25, 0.3) is 5.91 Å². The van der Waals surface area contributed by atoms with Crippen LogP contribution in [0.15, 0.2) is 36.5 Å². The Kier molecular flexibility index (Phi) is 6.19. The van der Waals surface area contributed by atoms with E-state index in [1.165, 1.54) is 12.1 Å². The van der Waals surface area contributed by atoms with Gasteiger partial charge in [-0.15, -0.1) is 0 Å². The van der Waals surface area contributed by atoms with E-state index >= 15 is 0 Å². The zero-order valence-corrected chi connectivity index (χ0v) is 12.8. The Morgan fingerprint density at radius 1 is 1.27 bits per heavy atom. The maximum Gasteiger partial charge on any atom is 0.267 e. The quantitative estimate of drug-likeness (QED) is 0.757. The Morgan fingerprint density at radius 2 is 1.95 bits per heavy atom. The third-order valence-electron chi connectivity index (χ3n) is 2.68. The highest BCUT2D eigenvalue weighted by atomic mass is 19.1. The molecule has 0 fully saturated rings. The van der Waals surface area contributed by atoms with Crippen LogP contribution in [-0.4, -0.2) is 16.6 Å². The first-order chi connectivity index (χ1) is 10.5. The molecule has 4 N–H and O–H groups in total. The minimum absolute atomic E-state index is 0.0980. The van der Waals surface area contributed by atoms with Crippen LogP contribution in [0.4, 0.5) is 15.9 Å². The molecule has 0 saturated heterocycles. The smallest absolute Gasteiger partial charge is 0.267 e. The van der Waals surface area contributed by atoms with Crippen molar-refractivity contribution in [1.29, 1.82) is 5.41 Å². The summed E-state index contributed by atoms with van der Waals surface area (Å²) in [5.41, 5.74) is 6.11. The monoisotopic (exact) mass is 302 g/mol. The Balaban J connectivity index is 0.00000116. The van der Waals surface area contributed by atoms with E-state index in [0.717, 1.165) is 11.6 Å². The fraction of sp³-hybridized carbons (Fsp3) is 0.188. The maximum atomic E-state index is 13.3. The van der Waals surface area contributed by atoms with Crippen LogP contribution in [-0.2, 0) is 4.79 Å². The number of carbonyl (C=O) groups is 1. The zero-order valence-electron chi connectivity index (χ0n) is 12.8. The van der Waals surface area contributed by atoms with Gasteiger partial charge in [-0.1, -0.05) is 13.8 Å². The third kappa shape index (κ3) is 4.37. The summed E-state index contributed by atoms with van der Waals surface area (Å²) in [7, 11) is 0. The van der Waals surface area contributed by atoms with Crippen LogP contribution in [0.1, 0.15) is 25.0 Å². The minimum Gasteiger partial charge on any atom is -0.364 e. The number of nitrogens with one attached hydrogen (secondary N) is 2. The van der Waals surface area contributed by atoms with Crippen molar-refractivity contribution in [3.05, 3.63) is 53.5 Å². The molecule has 116 valence electrons. The summed E-state index contributed by atoms with van der Waals surface area (Å²) >= 11 is 0. The standard InChI is InChI=1S/C14H13FN4O.C2H6/c1-8-4-5-18-12(6-8)19-11-3-2-9(15)7-10(11)13(16)14(17)20;1-2/h2-7,16H,1H3,(H2,17,20)(H,18,19);1-2H3. The van der Waals surface area contributed by atoms with Crippen LogP contribution in [0.3, 0.4) is 0 Å². The van der Waals surface area contributed by atoms with Gasteiger partial charge in [-0.25, -0.2) is 9.37 Å². The van der Waals surface area contributed by atoms with Crippen LogP contribution in [0.2, 0.25) is 0 Å². The van der Waals surface area contributed by atoms with Crippen molar-refractivity contribution < 1.29 is 9.18 Å². The predicted octanol–water partition coefficient (Wildman–Crippen LogP) is 3.15. The number of aromatic nitrogens is 1. The average Bonchev–Trinajstić information content (AvgIpc) is 2.50. The molecule has 0 aliphatic heterocycles. The molecule has 2 aromatic rings. The Bertz CT molecular complexity index is 686. The van der Waals surface area contributed by atoms with Gasteiger partial charge in [0.15, 0.2) is 0 Å². The lowest BCUT2D eigenvalue weighted by Crippen LogP contribution is -2.24. The Hall–Kier alpha value is -2.76. The van der Waals surface area contributed by atoms with E-state index in [2.05, 4.69) is 10.3 Å². The van der Waals surface area contributed by atoms with E-state index in [9.17, 15) is 9.18 Å². The normalized spacial score (nSPS) is 9.45. The number of rotatable bonds is 4. The zero-order chi connectivity index (χ0) is 16.7. The lowest BCUT2D eigenvalue weighted by molar-refractivity contribution is -0.112. The minimum atomic E-state index is -0.921. The lowest BCUT2D eigenvalue weighted by Gasteiger charge is -2.11. The number of benzene rings is 1. The van der Waals surface area contributed by atoms with Crippen molar-refractivity contribution in [1.82, 2.24) is 4.98 Å². The van der Waals surface area contributed by atoms with Crippen LogP contribution < -0.4 is 11.1 Å². The molecule has 0 bridgehead atoms. The van der Waals surface area contributed by atoms with Crippen LogP contribution in [0.5, 0.6) is 0 Å². The second-order valence-corrected chi connectivity index (χ2v) is 4.27. The fourth-order valence-corrected chi connectivity index (χ4v) is 1.71. The number of amides is 1. The van der Waals surface area contributed by atoms with Crippen LogP contribution in [0, 0.1) is 18.2 Å². The molecule has 0 aliphatic carbocycles. The number of carbonyl (C=O) groups excluding carboxylic acids is 1. The molecular weight excluding hydrogens is 283 g/mol. The number of pyridine rings is 1. The molecule has 0 atom stereocenters. The number of nitrogens with zero attached hydrogens (tertiary/aromatic N) is 1. The summed E-state index contributed by atoms with van der Waals surface area (Å²) in [4.78, 5) is 15.2. The molecule has 2 rings (SSSR count). The number of aryl methyl sites for hydroxylation is 1. The van der Waals surface area contributed by atoms with Crippen molar-refractivity contribution in [2.45, 2.75) is 20.8 Å². The van der Waals surface area contributed by atoms with Gasteiger partial charge in [0.05, 0.1) is 0 Å². The van der Waals surface area contributed by atoms with Gasteiger partial charge < -0.3 is 11.1 Å².